The molecule has 0 amide bonds. The second-order valence-corrected chi connectivity index (χ2v) is 36.5. The molecule has 0 saturated heterocycles. The maximum Gasteiger partial charge on any atom is 0.252 e. The summed E-state index contributed by atoms with van der Waals surface area (Å²) in [5.74, 6) is 0. The van der Waals surface area contributed by atoms with Gasteiger partial charge < -0.3 is 9.13 Å². The van der Waals surface area contributed by atoms with Crippen LogP contribution in [0.4, 0.5) is 0 Å². The first-order valence-electron chi connectivity index (χ1n) is 27.1. The van der Waals surface area contributed by atoms with Crippen LogP contribution in [0.25, 0.3) is 88.4 Å². The van der Waals surface area contributed by atoms with Crippen LogP contribution in [0, 0.1) is 13.8 Å². The number of hydrogen-bond donors (Lipinski definition) is 0. The third kappa shape index (κ3) is 5.27. The van der Waals surface area contributed by atoms with Crippen LogP contribution < -0.4 is 26.8 Å². The highest BCUT2D eigenvalue weighted by molar-refractivity contribution is 7.01. The average Bonchev–Trinajstić information content (AvgIpc) is 4.10. The van der Waals surface area contributed by atoms with Crippen LogP contribution in [-0.2, 0) is 5.41 Å². The molecule has 11 aromatic rings. The van der Waals surface area contributed by atoms with Crippen molar-refractivity contribution in [2.75, 3.05) is 0 Å². The molecule has 1 spiro atoms. The van der Waals surface area contributed by atoms with E-state index in [2.05, 4.69) is 255 Å². The Kier molecular flexibility index (Phi) is 8.59. The lowest BCUT2D eigenvalue weighted by Gasteiger charge is -2.45. The van der Waals surface area contributed by atoms with Crippen molar-refractivity contribution in [1.82, 2.24) is 9.13 Å². The highest BCUT2D eigenvalue weighted by Gasteiger charge is 2.55. The third-order valence-electron chi connectivity index (χ3n) is 20.2. The third-order valence-corrected chi connectivity index (χ3v) is 31.1. The van der Waals surface area contributed by atoms with Gasteiger partial charge in [-0.05, 0) is 102 Å². The molecule has 0 atom stereocenters. The Bertz CT molecular complexity index is 4290. The summed E-state index contributed by atoms with van der Waals surface area (Å²) < 4.78 is 5.57. The molecule has 0 unspecified atom stereocenters. The van der Waals surface area contributed by atoms with Gasteiger partial charge in [-0.3, -0.25) is 0 Å². The minimum absolute atomic E-state index is 0.0134. The van der Waals surface area contributed by atoms with E-state index in [1.54, 1.807) is 10.4 Å². The van der Waals surface area contributed by atoms with Gasteiger partial charge in [0.15, 0.2) is 0 Å². The van der Waals surface area contributed by atoms with Gasteiger partial charge in [-0.15, -0.1) is 0 Å². The number of fused-ring (bicyclic) bond motifs is 13. The Morgan fingerprint density at radius 1 is 0.459 bits per heavy atom. The van der Waals surface area contributed by atoms with E-state index < -0.39 is 21.6 Å². The van der Waals surface area contributed by atoms with Crippen molar-refractivity contribution in [3.8, 4) is 44.9 Å². The lowest BCUT2D eigenvalue weighted by atomic mass is 9.33. The number of rotatable bonds is 4. The monoisotopic (exact) mass is 986 g/mol. The minimum Gasteiger partial charge on any atom is -0.310 e. The molecule has 5 heterocycles. The molecule has 0 fully saturated rings. The maximum absolute atomic E-state index is 2.83. The van der Waals surface area contributed by atoms with Crippen molar-refractivity contribution in [3.05, 3.63) is 197 Å². The molecule has 3 aliphatic heterocycles. The fraction of sp³-hybridized carbons (Fsp3) is 0.217. The van der Waals surface area contributed by atoms with E-state index in [0.29, 0.717) is 0 Å². The zero-order valence-electron chi connectivity index (χ0n) is 45.1. The Labute approximate surface area is 438 Å². The summed E-state index contributed by atoms with van der Waals surface area (Å²) in [6.07, 6.45) is 0. The first-order chi connectivity index (χ1) is 35.3. The first kappa shape index (κ1) is 44.6. The van der Waals surface area contributed by atoms with Crippen LogP contribution in [0.15, 0.2) is 164 Å². The van der Waals surface area contributed by atoms with E-state index in [9.17, 15) is 0 Å². The van der Waals surface area contributed by atoms with Crippen LogP contribution in [0.3, 0.4) is 0 Å². The molecular formula is C69H63BN2Si2. The van der Waals surface area contributed by atoms with Crippen LogP contribution in [0.2, 0.25) is 36.3 Å². The Hall–Kier alpha value is -6.92. The molecule has 2 aromatic heterocycles. The largest absolute Gasteiger partial charge is 0.310 e. The standard InChI is InChI=1S/C69H63BN2Si2/c1-40-25-29-42(30-26-40)59-60-47-20-14-13-19-44(47)35-56-66(60)71(62(59)43-31-27-41(2)28-32-43)58-34-33-54-65-61(58)70(56)57-39-46(74(11,12)68(6,7)8)37-51-50-36-45(73(9,10)67(3,4)5)38-55(63(50)72(65)64(51)57)69(54)52-23-17-15-21-48(52)49-22-16-18-24-53(49)69/h13-39H,1-12H3. The van der Waals surface area contributed by atoms with Gasteiger partial charge in [0.2, 0.25) is 0 Å². The van der Waals surface area contributed by atoms with E-state index in [1.807, 2.05) is 0 Å². The number of benzene rings is 9. The van der Waals surface area contributed by atoms with E-state index >= 15 is 0 Å². The van der Waals surface area contributed by atoms with Crippen molar-refractivity contribution >= 4 is 93.1 Å². The first-order valence-corrected chi connectivity index (χ1v) is 33.1. The predicted molar refractivity (Wildman–Crippen MR) is 325 cm³/mol. The number of aromatic nitrogens is 2. The van der Waals surface area contributed by atoms with E-state index in [-0.39, 0.29) is 16.8 Å². The summed E-state index contributed by atoms with van der Waals surface area (Å²) in [4.78, 5) is 0. The molecule has 2 nitrogen and oxygen atoms in total. The van der Waals surface area contributed by atoms with Crippen molar-refractivity contribution in [3.63, 3.8) is 0 Å². The molecule has 0 saturated carbocycles. The van der Waals surface area contributed by atoms with Crippen molar-refractivity contribution in [2.24, 2.45) is 0 Å². The van der Waals surface area contributed by atoms with Gasteiger partial charge >= 0.3 is 0 Å². The summed E-state index contributed by atoms with van der Waals surface area (Å²) in [5, 5.41) is 10.2. The SMILES string of the molecule is Cc1ccc(-c2c(-c3ccc(C)cc3)n3c4c(cc5ccccc5c24)B2c4c-3ccc3c4-n4c5c2cc([Si](C)(C)C(C)(C)C)cc5c2cc([Si](C)(C)C(C)(C)C)cc(c24)C32c3ccccc3-c3ccccc32)cc1. The molecule has 15 rings (SSSR count). The summed E-state index contributed by atoms with van der Waals surface area (Å²) in [5.41, 5.74) is 26.5. The van der Waals surface area contributed by atoms with Crippen LogP contribution in [0.5, 0.6) is 0 Å². The summed E-state index contributed by atoms with van der Waals surface area (Å²) in [6.45, 7) is 29.9. The van der Waals surface area contributed by atoms with Gasteiger partial charge in [0.25, 0.3) is 6.71 Å². The van der Waals surface area contributed by atoms with Gasteiger partial charge in [-0.2, -0.15) is 0 Å². The van der Waals surface area contributed by atoms with Crippen molar-refractivity contribution < 1.29 is 0 Å². The summed E-state index contributed by atoms with van der Waals surface area (Å²) >= 11 is 0. The molecule has 5 heteroatoms. The van der Waals surface area contributed by atoms with Gasteiger partial charge in [-0.25, -0.2) is 0 Å². The highest BCUT2D eigenvalue weighted by Crippen LogP contribution is 2.62. The smallest absolute Gasteiger partial charge is 0.252 e. The van der Waals surface area contributed by atoms with Crippen LogP contribution in [0.1, 0.15) is 74.9 Å². The molecular weight excluding hydrogens is 924 g/mol. The van der Waals surface area contributed by atoms with Crippen molar-refractivity contribution in [1.29, 1.82) is 0 Å². The predicted octanol–water partition coefficient (Wildman–Crippen LogP) is 15.1. The molecule has 0 N–H and O–H groups in total. The summed E-state index contributed by atoms with van der Waals surface area (Å²) in [6, 6.07) is 65.5. The molecule has 74 heavy (non-hydrogen) atoms. The van der Waals surface area contributed by atoms with Crippen LogP contribution in [-0.4, -0.2) is 32.0 Å². The molecule has 0 bridgehead atoms. The average molecular weight is 987 g/mol. The van der Waals surface area contributed by atoms with Gasteiger partial charge in [-0.1, -0.05) is 247 Å². The quantitative estimate of drug-likeness (QED) is 0.156. The van der Waals surface area contributed by atoms with Gasteiger partial charge in [0.05, 0.1) is 38.3 Å². The lowest BCUT2D eigenvalue weighted by molar-refractivity contribution is 0.728. The number of nitrogens with zero attached hydrogens (tertiary/aromatic N) is 2. The Morgan fingerprint density at radius 3 is 1.62 bits per heavy atom. The molecule has 4 aliphatic rings. The second-order valence-electron chi connectivity index (χ2n) is 25.8. The van der Waals surface area contributed by atoms with Gasteiger partial charge in [0, 0.05) is 38.6 Å². The Balaban J connectivity index is 1.22. The Morgan fingerprint density at radius 2 is 1.00 bits per heavy atom. The zero-order valence-corrected chi connectivity index (χ0v) is 47.1. The number of hydrogen-bond acceptors (Lipinski definition) is 0. The van der Waals surface area contributed by atoms with E-state index in [4.69, 9.17) is 0 Å². The number of aryl methyl sites for hydroxylation is 2. The zero-order chi connectivity index (χ0) is 50.9. The fourth-order valence-corrected chi connectivity index (χ4v) is 18.1. The molecule has 1 aliphatic carbocycles. The minimum atomic E-state index is -2.12. The normalized spacial score (nSPS) is 14.8. The molecule has 360 valence electrons. The lowest BCUT2D eigenvalue weighted by Crippen LogP contribution is -2.62. The highest BCUT2D eigenvalue weighted by atomic mass is 28.3. The topological polar surface area (TPSA) is 9.86 Å². The van der Waals surface area contributed by atoms with Crippen molar-refractivity contribution in [2.45, 2.75) is 97.1 Å². The van der Waals surface area contributed by atoms with E-state index in [0.717, 1.165) is 0 Å². The van der Waals surface area contributed by atoms with E-state index in [1.165, 1.54) is 138 Å². The molecule has 0 radical (unpaired) electrons. The fourth-order valence-electron chi connectivity index (χ4n) is 14.3. The second kappa shape index (κ2) is 14.3. The van der Waals surface area contributed by atoms with Crippen LogP contribution >= 0.6 is 0 Å². The summed E-state index contributed by atoms with van der Waals surface area (Å²) in [7, 11) is -4.24. The van der Waals surface area contributed by atoms with Gasteiger partial charge in [0.1, 0.15) is 0 Å². The molecule has 9 aromatic carbocycles. The maximum atomic E-state index is 2.83.